The van der Waals surface area contributed by atoms with E-state index >= 15 is 0 Å². The van der Waals surface area contributed by atoms with Crippen LogP contribution >= 0.6 is 31.9 Å². The topological polar surface area (TPSA) is 49.4 Å². The predicted molar refractivity (Wildman–Crippen MR) is 84.5 cm³/mol. The molecule has 1 N–H and O–H groups in total. The molecule has 0 atom stereocenters. The number of carbonyl (C=O) groups is 2. The number of nitrogens with one attached hydrogen (secondary N) is 1. The summed E-state index contributed by atoms with van der Waals surface area (Å²) < 4.78 is 1.74. The average Bonchev–Trinajstić information content (AvgIpc) is 2.45. The summed E-state index contributed by atoms with van der Waals surface area (Å²) in [4.78, 5) is 25.8. The monoisotopic (exact) mass is 402 g/mol. The highest BCUT2D eigenvalue weighted by atomic mass is 79.9. The van der Waals surface area contributed by atoms with E-state index in [-0.39, 0.29) is 17.7 Å². The maximum absolute atomic E-state index is 12.4. The first kappa shape index (κ1) is 15.5. The highest BCUT2D eigenvalue weighted by Gasteiger charge is 2.27. The van der Waals surface area contributed by atoms with Crippen molar-refractivity contribution in [2.45, 2.75) is 12.8 Å². The Hall–Kier alpha value is -0.880. The van der Waals surface area contributed by atoms with Crippen LogP contribution in [0, 0.1) is 5.92 Å². The number of likely N-dealkylation sites (tertiary alicyclic amines) is 1. The van der Waals surface area contributed by atoms with Crippen molar-refractivity contribution in [3.05, 3.63) is 32.7 Å². The zero-order valence-electron chi connectivity index (χ0n) is 11.2. The molecular weight excluding hydrogens is 388 g/mol. The van der Waals surface area contributed by atoms with Crippen molar-refractivity contribution in [1.82, 2.24) is 10.2 Å². The molecule has 1 heterocycles. The van der Waals surface area contributed by atoms with Gasteiger partial charge in [-0.3, -0.25) is 9.59 Å². The average molecular weight is 404 g/mol. The van der Waals surface area contributed by atoms with Gasteiger partial charge in [-0.1, -0.05) is 31.9 Å². The van der Waals surface area contributed by atoms with Crippen LogP contribution in [0.1, 0.15) is 23.2 Å². The van der Waals surface area contributed by atoms with Crippen LogP contribution in [0.2, 0.25) is 0 Å². The zero-order valence-corrected chi connectivity index (χ0v) is 14.3. The SMILES string of the molecule is CNC(=O)C1CCN(C(=O)c2cc(Br)cc(Br)c2)CC1. The van der Waals surface area contributed by atoms with Crippen molar-refractivity contribution >= 4 is 43.7 Å². The lowest BCUT2D eigenvalue weighted by molar-refractivity contribution is -0.125. The minimum atomic E-state index is 0.0161. The summed E-state index contributed by atoms with van der Waals surface area (Å²) in [5, 5.41) is 2.67. The highest BCUT2D eigenvalue weighted by molar-refractivity contribution is 9.11. The van der Waals surface area contributed by atoms with Gasteiger partial charge in [0, 0.05) is 40.6 Å². The Labute approximate surface area is 135 Å². The van der Waals surface area contributed by atoms with Gasteiger partial charge in [0.15, 0.2) is 0 Å². The Morgan fingerprint density at radius 2 is 1.70 bits per heavy atom. The Bertz CT molecular complexity index is 506. The first-order chi connectivity index (χ1) is 9.51. The van der Waals surface area contributed by atoms with Gasteiger partial charge in [0.1, 0.15) is 0 Å². The van der Waals surface area contributed by atoms with Gasteiger partial charge in [-0.05, 0) is 31.0 Å². The number of piperidine rings is 1. The van der Waals surface area contributed by atoms with Crippen LogP contribution in [0.5, 0.6) is 0 Å². The fourth-order valence-electron chi connectivity index (χ4n) is 2.41. The minimum absolute atomic E-state index is 0.0161. The van der Waals surface area contributed by atoms with E-state index in [4.69, 9.17) is 0 Å². The molecule has 1 aromatic carbocycles. The molecule has 1 aliphatic heterocycles. The van der Waals surface area contributed by atoms with Gasteiger partial charge in [0.05, 0.1) is 0 Å². The second-order valence-corrected chi connectivity index (χ2v) is 6.67. The summed E-state index contributed by atoms with van der Waals surface area (Å²) in [7, 11) is 1.65. The van der Waals surface area contributed by atoms with Gasteiger partial charge in [0.25, 0.3) is 5.91 Å². The zero-order chi connectivity index (χ0) is 14.7. The molecule has 4 nitrogen and oxygen atoms in total. The van der Waals surface area contributed by atoms with Crippen LogP contribution in [-0.4, -0.2) is 36.9 Å². The highest BCUT2D eigenvalue weighted by Crippen LogP contribution is 2.23. The van der Waals surface area contributed by atoms with Gasteiger partial charge in [-0.25, -0.2) is 0 Å². The van der Waals surface area contributed by atoms with Gasteiger partial charge in [0.2, 0.25) is 5.91 Å². The van der Waals surface area contributed by atoms with Crippen LogP contribution in [-0.2, 0) is 4.79 Å². The Morgan fingerprint density at radius 3 is 2.20 bits per heavy atom. The first-order valence-electron chi connectivity index (χ1n) is 6.48. The standard InChI is InChI=1S/C14H16Br2N2O2/c1-17-13(19)9-2-4-18(5-3-9)14(20)10-6-11(15)8-12(16)7-10/h6-9H,2-5H2,1H3,(H,17,19). The number of nitrogens with zero attached hydrogens (tertiary/aromatic N) is 1. The third kappa shape index (κ3) is 3.61. The smallest absolute Gasteiger partial charge is 0.253 e. The molecular formula is C14H16Br2N2O2. The Kier molecular flexibility index (Phi) is 5.21. The Balaban J connectivity index is 2.03. The van der Waals surface area contributed by atoms with Gasteiger partial charge < -0.3 is 10.2 Å². The molecule has 0 aliphatic carbocycles. The second-order valence-electron chi connectivity index (χ2n) is 4.84. The van der Waals surface area contributed by atoms with E-state index in [2.05, 4.69) is 37.2 Å². The van der Waals surface area contributed by atoms with Crippen LogP contribution in [0.4, 0.5) is 0 Å². The molecule has 0 spiro atoms. The van der Waals surface area contributed by atoms with Crippen LogP contribution in [0.3, 0.4) is 0 Å². The van der Waals surface area contributed by atoms with E-state index in [1.54, 1.807) is 7.05 Å². The summed E-state index contributed by atoms with van der Waals surface area (Å²) in [6.07, 6.45) is 1.45. The fourth-order valence-corrected chi connectivity index (χ4v) is 3.70. The third-order valence-corrected chi connectivity index (χ3v) is 4.42. The molecule has 0 saturated carbocycles. The number of amides is 2. The van der Waals surface area contributed by atoms with E-state index in [0.29, 0.717) is 18.7 Å². The molecule has 1 saturated heterocycles. The Morgan fingerprint density at radius 1 is 1.15 bits per heavy atom. The third-order valence-electron chi connectivity index (χ3n) is 3.51. The lowest BCUT2D eigenvalue weighted by Gasteiger charge is -2.31. The van der Waals surface area contributed by atoms with Crippen molar-refractivity contribution in [2.24, 2.45) is 5.92 Å². The summed E-state index contributed by atoms with van der Waals surface area (Å²) >= 11 is 6.78. The lowest BCUT2D eigenvalue weighted by Crippen LogP contribution is -2.42. The predicted octanol–water partition coefficient (Wildman–Crippen LogP) is 2.81. The van der Waals surface area contributed by atoms with Gasteiger partial charge >= 0.3 is 0 Å². The number of hydrogen-bond donors (Lipinski definition) is 1. The van der Waals surface area contributed by atoms with E-state index < -0.39 is 0 Å². The number of hydrogen-bond acceptors (Lipinski definition) is 2. The van der Waals surface area contributed by atoms with Crippen molar-refractivity contribution in [2.75, 3.05) is 20.1 Å². The molecule has 1 fully saturated rings. The van der Waals surface area contributed by atoms with Crippen molar-refractivity contribution in [3.63, 3.8) is 0 Å². The van der Waals surface area contributed by atoms with Gasteiger partial charge in [-0.15, -0.1) is 0 Å². The van der Waals surface area contributed by atoms with Crippen LogP contribution in [0.25, 0.3) is 0 Å². The second kappa shape index (κ2) is 6.72. The fraction of sp³-hybridized carbons (Fsp3) is 0.429. The molecule has 2 rings (SSSR count). The van der Waals surface area contributed by atoms with E-state index in [1.807, 2.05) is 23.1 Å². The maximum Gasteiger partial charge on any atom is 0.253 e. The number of carbonyl (C=O) groups excluding carboxylic acids is 2. The summed E-state index contributed by atoms with van der Waals surface area (Å²) in [6, 6.07) is 5.53. The maximum atomic E-state index is 12.4. The molecule has 0 unspecified atom stereocenters. The minimum Gasteiger partial charge on any atom is -0.359 e. The number of halogens is 2. The quantitative estimate of drug-likeness (QED) is 0.825. The molecule has 1 aliphatic rings. The lowest BCUT2D eigenvalue weighted by atomic mass is 9.95. The molecule has 6 heteroatoms. The molecule has 20 heavy (non-hydrogen) atoms. The van der Waals surface area contributed by atoms with E-state index in [0.717, 1.165) is 21.8 Å². The molecule has 108 valence electrons. The summed E-state index contributed by atoms with van der Waals surface area (Å²) in [6.45, 7) is 1.25. The molecule has 2 amide bonds. The summed E-state index contributed by atoms with van der Waals surface area (Å²) in [5.74, 6) is 0.114. The van der Waals surface area contributed by atoms with Crippen molar-refractivity contribution < 1.29 is 9.59 Å². The van der Waals surface area contributed by atoms with Gasteiger partial charge in [-0.2, -0.15) is 0 Å². The number of rotatable bonds is 2. The van der Waals surface area contributed by atoms with Crippen LogP contribution < -0.4 is 5.32 Å². The summed E-state index contributed by atoms with van der Waals surface area (Å²) in [5.41, 5.74) is 0.657. The normalized spacial score (nSPS) is 16.1. The number of benzene rings is 1. The van der Waals surface area contributed by atoms with Crippen molar-refractivity contribution in [3.8, 4) is 0 Å². The molecule has 0 radical (unpaired) electrons. The molecule has 0 bridgehead atoms. The first-order valence-corrected chi connectivity index (χ1v) is 8.07. The molecule has 0 aromatic heterocycles. The molecule has 1 aromatic rings. The van der Waals surface area contributed by atoms with E-state index in [1.165, 1.54) is 0 Å². The van der Waals surface area contributed by atoms with E-state index in [9.17, 15) is 9.59 Å². The van der Waals surface area contributed by atoms with Crippen molar-refractivity contribution in [1.29, 1.82) is 0 Å². The largest absolute Gasteiger partial charge is 0.359 e. The van der Waals surface area contributed by atoms with Crippen LogP contribution in [0.15, 0.2) is 27.1 Å².